The van der Waals surface area contributed by atoms with Crippen molar-refractivity contribution in [2.24, 2.45) is 0 Å². The first kappa shape index (κ1) is 22.4. The zero-order valence-electron chi connectivity index (χ0n) is 17.7. The van der Waals surface area contributed by atoms with Crippen LogP contribution in [0.4, 0.5) is 0 Å². The fourth-order valence-corrected chi connectivity index (χ4v) is 4.85. The first-order chi connectivity index (χ1) is 15.6. The molecule has 1 aliphatic rings. The number of carbonyl (C=O) groups excluding carboxylic acids is 2. The second-order valence-corrected chi connectivity index (χ2v) is 9.18. The van der Waals surface area contributed by atoms with Gasteiger partial charge < -0.3 is 14.4 Å². The largest absolute Gasteiger partial charge is 0.497 e. The number of thioether (sulfide) groups is 1. The highest BCUT2D eigenvalue weighted by atomic mass is 32.2. The van der Waals surface area contributed by atoms with Crippen LogP contribution >= 0.6 is 23.1 Å². The van der Waals surface area contributed by atoms with Crippen LogP contribution in [0.1, 0.15) is 34.5 Å². The fraction of sp³-hybridized carbons (Fsp3) is 0.292. The number of nitrogens with zero attached hydrogens (tertiary/aromatic N) is 2. The third kappa shape index (κ3) is 5.89. The summed E-state index contributed by atoms with van der Waals surface area (Å²) in [6.45, 7) is 0.224. The number of carbonyl (C=O) groups is 2. The number of aromatic nitrogens is 1. The summed E-state index contributed by atoms with van der Waals surface area (Å²) in [6, 6.07) is 15.2. The molecular formula is C24H24N2O4S2. The van der Waals surface area contributed by atoms with Gasteiger partial charge in [0.15, 0.2) is 6.61 Å². The van der Waals surface area contributed by atoms with Crippen molar-refractivity contribution in [1.29, 1.82) is 0 Å². The Kier molecular flexibility index (Phi) is 7.44. The van der Waals surface area contributed by atoms with Crippen LogP contribution < -0.4 is 4.74 Å². The first-order valence-corrected chi connectivity index (χ1v) is 12.3. The van der Waals surface area contributed by atoms with Crippen LogP contribution in [0.5, 0.6) is 5.75 Å². The lowest BCUT2D eigenvalue weighted by Crippen LogP contribution is -2.36. The molecule has 0 N–H and O–H groups in total. The predicted molar refractivity (Wildman–Crippen MR) is 125 cm³/mol. The standard InChI is InChI=1S/C24H24N2O4S2/c1-29-20-10-6-17(7-11-20)12-26(19-8-9-19)23(27)13-30-24(28)21-4-2-3-5-22(21)32-15-18-14-31-16-25-18/h2-7,10-11,14,16,19H,8-9,12-13,15H2,1H3. The summed E-state index contributed by atoms with van der Waals surface area (Å²) in [6.07, 6.45) is 1.96. The van der Waals surface area contributed by atoms with E-state index in [2.05, 4.69) is 4.98 Å². The van der Waals surface area contributed by atoms with Crippen LogP contribution in [0, 0.1) is 0 Å². The zero-order valence-corrected chi connectivity index (χ0v) is 19.4. The summed E-state index contributed by atoms with van der Waals surface area (Å²) >= 11 is 3.08. The molecule has 1 aliphatic carbocycles. The van der Waals surface area contributed by atoms with Gasteiger partial charge in [-0.25, -0.2) is 9.78 Å². The third-order valence-electron chi connectivity index (χ3n) is 5.11. The number of amides is 1. The highest BCUT2D eigenvalue weighted by Crippen LogP contribution is 2.29. The summed E-state index contributed by atoms with van der Waals surface area (Å²) < 4.78 is 10.6. The molecule has 4 rings (SSSR count). The van der Waals surface area contributed by atoms with Gasteiger partial charge >= 0.3 is 5.97 Å². The SMILES string of the molecule is COc1ccc(CN(C(=O)COC(=O)c2ccccc2SCc2cscn2)C2CC2)cc1. The number of ether oxygens (including phenoxy) is 2. The van der Waals surface area contributed by atoms with Gasteiger partial charge in [-0.2, -0.15) is 0 Å². The molecule has 6 nitrogen and oxygen atoms in total. The molecule has 32 heavy (non-hydrogen) atoms. The van der Waals surface area contributed by atoms with E-state index in [1.165, 1.54) is 11.8 Å². The molecule has 1 aromatic heterocycles. The van der Waals surface area contributed by atoms with Gasteiger partial charge in [-0.1, -0.05) is 24.3 Å². The van der Waals surface area contributed by atoms with Gasteiger partial charge in [0.2, 0.25) is 0 Å². The van der Waals surface area contributed by atoms with Gasteiger partial charge in [0.05, 0.1) is 23.9 Å². The Balaban J connectivity index is 1.35. The van der Waals surface area contributed by atoms with E-state index >= 15 is 0 Å². The van der Waals surface area contributed by atoms with Crippen molar-refractivity contribution in [3.63, 3.8) is 0 Å². The molecule has 0 atom stereocenters. The van der Waals surface area contributed by atoms with Crippen molar-refractivity contribution in [1.82, 2.24) is 9.88 Å². The van der Waals surface area contributed by atoms with Crippen molar-refractivity contribution in [2.45, 2.75) is 36.1 Å². The summed E-state index contributed by atoms with van der Waals surface area (Å²) in [5, 5.41) is 1.99. The van der Waals surface area contributed by atoms with E-state index in [1.54, 1.807) is 41.0 Å². The third-order valence-corrected chi connectivity index (χ3v) is 6.86. The van der Waals surface area contributed by atoms with Gasteiger partial charge in [0.25, 0.3) is 5.91 Å². The number of methoxy groups -OCH3 is 1. The number of benzene rings is 2. The predicted octanol–water partition coefficient (Wildman–Crippen LogP) is 4.79. The van der Waals surface area contributed by atoms with E-state index in [4.69, 9.17) is 9.47 Å². The Morgan fingerprint density at radius 2 is 1.94 bits per heavy atom. The molecule has 1 heterocycles. The van der Waals surface area contributed by atoms with Crippen LogP contribution in [0.2, 0.25) is 0 Å². The van der Waals surface area contributed by atoms with Crippen LogP contribution in [0.15, 0.2) is 64.3 Å². The molecule has 1 saturated carbocycles. The van der Waals surface area contributed by atoms with Crippen LogP contribution in [-0.2, 0) is 21.8 Å². The molecular weight excluding hydrogens is 444 g/mol. The summed E-state index contributed by atoms with van der Waals surface area (Å²) in [4.78, 5) is 32.5. The Hall–Kier alpha value is -2.84. The van der Waals surface area contributed by atoms with E-state index in [1.807, 2.05) is 41.8 Å². The molecule has 2 aromatic carbocycles. The van der Waals surface area contributed by atoms with Crippen molar-refractivity contribution >= 4 is 35.0 Å². The quantitative estimate of drug-likeness (QED) is 0.315. The minimum Gasteiger partial charge on any atom is -0.497 e. The topological polar surface area (TPSA) is 68.7 Å². The fourth-order valence-electron chi connectivity index (χ4n) is 3.24. The molecule has 0 spiro atoms. The second-order valence-electron chi connectivity index (χ2n) is 7.44. The molecule has 0 aliphatic heterocycles. The molecule has 0 saturated heterocycles. The molecule has 1 fully saturated rings. The molecule has 3 aromatic rings. The molecule has 0 bridgehead atoms. The van der Waals surface area contributed by atoms with E-state index in [9.17, 15) is 9.59 Å². The number of hydrogen-bond donors (Lipinski definition) is 0. The number of rotatable bonds is 10. The maximum Gasteiger partial charge on any atom is 0.339 e. The van der Waals surface area contributed by atoms with E-state index < -0.39 is 5.97 Å². The van der Waals surface area contributed by atoms with Crippen molar-refractivity contribution in [3.8, 4) is 5.75 Å². The Bertz CT molecular complexity index is 1050. The monoisotopic (exact) mass is 468 g/mol. The Morgan fingerprint density at radius 1 is 1.16 bits per heavy atom. The summed E-state index contributed by atoms with van der Waals surface area (Å²) in [5.41, 5.74) is 4.24. The minimum atomic E-state index is -0.486. The lowest BCUT2D eigenvalue weighted by molar-refractivity contribution is -0.135. The minimum absolute atomic E-state index is 0.177. The van der Waals surface area contributed by atoms with Crippen LogP contribution in [0.3, 0.4) is 0 Å². The van der Waals surface area contributed by atoms with E-state index in [0.717, 1.165) is 34.7 Å². The number of thiazole rings is 1. The van der Waals surface area contributed by atoms with Crippen molar-refractivity contribution in [2.75, 3.05) is 13.7 Å². The number of esters is 1. The average molecular weight is 469 g/mol. The first-order valence-electron chi connectivity index (χ1n) is 10.3. The van der Waals surface area contributed by atoms with Crippen molar-refractivity contribution in [3.05, 3.63) is 76.2 Å². The normalized spacial score (nSPS) is 12.9. The maximum atomic E-state index is 12.9. The van der Waals surface area contributed by atoms with Crippen LogP contribution in [-0.4, -0.2) is 41.5 Å². The van der Waals surface area contributed by atoms with Gasteiger partial charge in [0, 0.05) is 28.6 Å². The van der Waals surface area contributed by atoms with Crippen molar-refractivity contribution < 1.29 is 19.1 Å². The van der Waals surface area contributed by atoms with Gasteiger partial charge in [-0.05, 0) is 42.7 Å². The maximum absolute atomic E-state index is 12.9. The van der Waals surface area contributed by atoms with E-state index in [0.29, 0.717) is 17.9 Å². The molecule has 0 radical (unpaired) electrons. The lowest BCUT2D eigenvalue weighted by atomic mass is 10.2. The Labute approximate surface area is 195 Å². The number of hydrogen-bond acceptors (Lipinski definition) is 7. The van der Waals surface area contributed by atoms with E-state index in [-0.39, 0.29) is 18.6 Å². The van der Waals surface area contributed by atoms with Crippen LogP contribution in [0.25, 0.3) is 0 Å². The summed E-state index contributed by atoms with van der Waals surface area (Å²) in [7, 11) is 1.62. The second kappa shape index (κ2) is 10.7. The average Bonchev–Trinajstić information content (AvgIpc) is 3.54. The lowest BCUT2D eigenvalue weighted by Gasteiger charge is -2.22. The highest BCUT2D eigenvalue weighted by Gasteiger charge is 2.33. The van der Waals surface area contributed by atoms with Gasteiger partial charge in [-0.3, -0.25) is 4.79 Å². The summed E-state index contributed by atoms with van der Waals surface area (Å²) in [5.74, 6) is 0.784. The Morgan fingerprint density at radius 3 is 2.62 bits per heavy atom. The molecule has 8 heteroatoms. The molecule has 0 unspecified atom stereocenters. The zero-order chi connectivity index (χ0) is 22.3. The van der Waals surface area contributed by atoms with Gasteiger partial charge in [-0.15, -0.1) is 23.1 Å². The van der Waals surface area contributed by atoms with Gasteiger partial charge in [0.1, 0.15) is 5.75 Å². The molecule has 1 amide bonds. The molecule has 166 valence electrons. The highest BCUT2D eigenvalue weighted by molar-refractivity contribution is 7.98. The smallest absolute Gasteiger partial charge is 0.339 e.